The molecule has 7 heteroatoms. The summed E-state index contributed by atoms with van der Waals surface area (Å²) < 4.78 is 4.58. The lowest BCUT2D eigenvalue weighted by Gasteiger charge is -2.19. The average molecular weight is 390 g/mol. The molecule has 2 aromatic rings. The van der Waals surface area contributed by atoms with Gasteiger partial charge in [0.15, 0.2) is 0 Å². The van der Waals surface area contributed by atoms with Crippen molar-refractivity contribution in [2.75, 3.05) is 12.0 Å². The monoisotopic (exact) mass is 389 g/mol. The van der Waals surface area contributed by atoms with Crippen molar-refractivity contribution < 1.29 is 19.1 Å². The molecular formula is C19H13Cl2NO4. The third-order valence-electron chi connectivity index (χ3n) is 3.96. The predicted molar refractivity (Wildman–Crippen MR) is 99.5 cm³/mol. The minimum atomic E-state index is -0.648. The quantitative estimate of drug-likeness (QED) is 0.451. The lowest BCUT2D eigenvalue weighted by atomic mass is 10.1. The fourth-order valence-corrected chi connectivity index (χ4v) is 3.18. The second-order valence-electron chi connectivity index (χ2n) is 5.56. The van der Waals surface area contributed by atoms with Crippen molar-refractivity contribution in [3.63, 3.8) is 0 Å². The molecule has 0 N–H and O–H groups in total. The van der Waals surface area contributed by atoms with Gasteiger partial charge in [-0.05, 0) is 35.4 Å². The number of fused-ring (bicyclic) bond motifs is 1. The summed E-state index contributed by atoms with van der Waals surface area (Å²) in [5.41, 5.74) is 1.93. The Morgan fingerprint density at radius 1 is 1.19 bits per heavy atom. The molecule has 1 aliphatic heterocycles. The van der Waals surface area contributed by atoms with Gasteiger partial charge < -0.3 is 4.74 Å². The van der Waals surface area contributed by atoms with E-state index in [-0.39, 0.29) is 12.1 Å². The number of carbonyl (C=O) groups is 3. The van der Waals surface area contributed by atoms with Gasteiger partial charge in [-0.15, -0.1) is 0 Å². The van der Waals surface area contributed by atoms with E-state index < -0.39 is 17.7 Å². The van der Waals surface area contributed by atoms with Gasteiger partial charge in [-0.25, -0.2) is 4.79 Å². The van der Waals surface area contributed by atoms with Crippen LogP contribution < -0.4 is 4.90 Å². The van der Waals surface area contributed by atoms with Crippen molar-refractivity contribution in [3.8, 4) is 0 Å². The summed E-state index contributed by atoms with van der Waals surface area (Å²) in [5, 5.41) is 0.874. The topological polar surface area (TPSA) is 63.7 Å². The average Bonchev–Trinajstić information content (AvgIpc) is 2.87. The lowest BCUT2D eigenvalue weighted by Crippen LogP contribution is -2.29. The zero-order valence-electron chi connectivity index (χ0n) is 13.7. The molecule has 0 atom stereocenters. The second kappa shape index (κ2) is 7.32. The Hall–Kier alpha value is -2.63. The number of amides is 1. The van der Waals surface area contributed by atoms with Crippen molar-refractivity contribution in [2.45, 2.75) is 6.54 Å². The molecule has 0 aliphatic carbocycles. The highest BCUT2D eigenvalue weighted by Crippen LogP contribution is 2.35. The summed E-state index contributed by atoms with van der Waals surface area (Å²) in [6.07, 6.45) is 2.74. The first-order chi connectivity index (χ1) is 12.4. The molecule has 132 valence electrons. The number of para-hydroxylation sites is 1. The smallest absolute Gasteiger partial charge is 0.330 e. The molecule has 0 radical (unpaired) electrons. The van der Waals surface area contributed by atoms with E-state index in [1.807, 2.05) is 0 Å². The minimum Gasteiger partial charge on any atom is -0.466 e. The summed E-state index contributed by atoms with van der Waals surface area (Å²) in [5.74, 6) is -1.78. The molecule has 0 saturated heterocycles. The van der Waals surface area contributed by atoms with E-state index in [1.165, 1.54) is 24.2 Å². The molecule has 5 nitrogen and oxygen atoms in total. The molecule has 3 rings (SSSR count). The maximum Gasteiger partial charge on any atom is 0.330 e. The van der Waals surface area contributed by atoms with Crippen molar-refractivity contribution in [3.05, 3.63) is 69.2 Å². The van der Waals surface area contributed by atoms with Gasteiger partial charge >= 0.3 is 5.97 Å². The van der Waals surface area contributed by atoms with Gasteiger partial charge in [0.2, 0.25) is 0 Å². The number of ketones is 1. The number of esters is 1. The van der Waals surface area contributed by atoms with E-state index in [1.54, 1.807) is 36.4 Å². The van der Waals surface area contributed by atoms with Crippen LogP contribution in [0.1, 0.15) is 21.5 Å². The third kappa shape index (κ3) is 3.36. The molecule has 1 amide bonds. The number of carbonyl (C=O) groups excluding carboxylic acids is 3. The summed E-state index contributed by atoms with van der Waals surface area (Å²) in [6, 6.07) is 9.88. The first kappa shape index (κ1) is 18.2. The Kier molecular flexibility index (Phi) is 5.11. The van der Waals surface area contributed by atoms with Crippen LogP contribution in [-0.4, -0.2) is 24.8 Å². The molecular weight excluding hydrogens is 377 g/mol. The van der Waals surface area contributed by atoms with Crippen LogP contribution in [0.2, 0.25) is 10.0 Å². The molecule has 1 aliphatic rings. The molecule has 0 aromatic heterocycles. The number of anilines is 1. The van der Waals surface area contributed by atoms with Crippen LogP contribution >= 0.6 is 23.2 Å². The summed E-state index contributed by atoms with van der Waals surface area (Å²) >= 11 is 12.1. The van der Waals surface area contributed by atoms with Gasteiger partial charge in [0.1, 0.15) is 0 Å². The van der Waals surface area contributed by atoms with Gasteiger partial charge in [-0.2, -0.15) is 0 Å². The molecule has 0 spiro atoms. The number of ether oxygens (including phenoxy) is 1. The van der Waals surface area contributed by atoms with Crippen LogP contribution in [0.3, 0.4) is 0 Å². The molecule has 0 saturated carbocycles. The SMILES string of the molecule is COC(=O)/C=C/c1cccc2c1N(Cc1ccc(Cl)cc1Cl)C(=O)C2=O. The summed E-state index contributed by atoms with van der Waals surface area (Å²) in [7, 11) is 1.27. The van der Waals surface area contributed by atoms with Gasteiger partial charge in [0.25, 0.3) is 11.7 Å². The zero-order chi connectivity index (χ0) is 18.8. The van der Waals surface area contributed by atoms with Crippen LogP contribution in [0.4, 0.5) is 5.69 Å². The van der Waals surface area contributed by atoms with E-state index in [9.17, 15) is 14.4 Å². The number of benzene rings is 2. The molecule has 1 heterocycles. The first-order valence-corrected chi connectivity index (χ1v) is 8.37. The highest BCUT2D eigenvalue weighted by Gasteiger charge is 2.37. The maximum atomic E-state index is 12.5. The van der Waals surface area contributed by atoms with Crippen molar-refractivity contribution in [1.29, 1.82) is 0 Å². The number of hydrogen-bond acceptors (Lipinski definition) is 4. The van der Waals surface area contributed by atoms with Crippen LogP contribution in [0, 0.1) is 0 Å². The van der Waals surface area contributed by atoms with E-state index in [0.29, 0.717) is 26.9 Å². The maximum absolute atomic E-state index is 12.5. The van der Waals surface area contributed by atoms with Gasteiger partial charge in [0, 0.05) is 16.1 Å². The highest BCUT2D eigenvalue weighted by molar-refractivity contribution is 6.52. The van der Waals surface area contributed by atoms with E-state index in [2.05, 4.69) is 4.74 Å². The normalized spacial score (nSPS) is 13.4. The van der Waals surface area contributed by atoms with Crippen LogP contribution in [0.5, 0.6) is 0 Å². The molecule has 0 unspecified atom stereocenters. The summed E-state index contributed by atoms with van der Waals surface area (Å²) in [4.78, 5) is 37.5. The fraction of sp³-hybridized carbons (Fsp3) is 0.105. The first-order valence-electron chi connectivity index (χ1n) is 7.61. The predicted octanol–water partition coefficient (Wildman–Crippen LogP) is 3.91. The van der Waals surface area contributed by atoms with Crippen molar-refractivity contribution in [2.24, 2.45) is 0 Å². The molecule has 2 aromatic carbocycles. The zero-order valence-corrected chi connectivity index (χ0v) is 15.2. The highest BCUT2D eigenvalue weighted by atomic mass is 35.5. The van der Waals surface area contributed by atoms with Crippen LogP contribution in [-0.2, 0) is 20.9 Å². The minimum absolute atomic E-state index is 0.108. The van der Waals surface area contributed by atoms with Gasteiger partial charge in [-0.1, -0.05) is 41.4 Å². The van der Waals surface area contributed by atoms with Gasteiger partial charge in [0.05, 0.1) is 24.9 Å². The molecule has 26 heavy (non-hydrogen) atoms. The van der Waals surface area contributed by atoms with Crippen LogP contribution in [0.15, 0.2) is 42.5 Å². The standard InChI is InChI=1S/C19H13Cl2NO4/c1-26-16(23)8-6-11-3-2-4-14-17(11)22(19(25)18(14)24)10-12-5-7-13(20)9-15(12)21/h2-9H,10H2,1H3/b8-6+. The van der Waals surface area contributed by atoms with Crippen molar-refractivity contribution in [1.82, 2.24) is 0 Å². The van der Waals surface area contributed by atoms with E-state index >= 15 is 0 Å². The molecule has 0 bridgehead atoms. The number of nitrogens with zero attached hydrogens (tertiary/aromatic N) is 1. The van der Waals surface area contributed by atoms with Crippen LogP contribution in [0.25, 0.3) is 6.08 Å². The van der Waals surface area contributed by atoms with Crippen molar-refractivity contribution >= 4 is 52.6 Å². The molecule has 0 fully saturated rings. The largest absolute Gasteiger partial charge is 0.466 e. The third-order valence-corrected chi connectivity index (χ3v) is 4.55. The Balaban J connectivity index is 2.04. The Labute approximate surface area is 159 Å². The summed E-state index contributed by atoms with van der Waals surface area (Å²) in [6.45, 7) is 0.108. The Morgan fingerprint density at radius 3 is 2.65 bits per heavy atom. The van der Waals surface area contributed by atoms with Gasteiger partial charge in [-0.3, -0.25) is 14.5 Å². The number of Topliss-reactive ketones (excluding diaryl/α,β-unsaturated/α-hetero) is 1. The number of methoxy groups -OCH3 is 1. The second-order valence-corrected chi connectivity index (χ2v) is 6.40. The van der Waals surface area contributed by atoms with E-state index in [0.717, 1.165) is 0 Å². The number of hydrogen-bond donors (Lipinski definition) is 0. The fourth-order valence-electron chi connectivity index (χ4n) is 2.72. The Bertz CT molecular complexity index is 953. The number of rotatable bonds is 4. The van der Waals surface area contributed by atoms with E-state index in [4.69, 9.17) is 23.2 Å². The number of halogens is 2. The lowest BCUT2D eigenvalue weighted by molar-refractivity contribution is -0.134. The Morgan fingerprint density at radius 2 is 1.96 bits per heavy atom.